The van der Waals surface area contributed by atoms with E-state index in [2.05, 4.69) is 8.75 Å². The van der Waals surface area contributed by atoms with Crippen molar-refractivity contribution in [3.8, 4) is 5.88 Å². The van der Waals surface area contributed by atoms with Crippen LogP contribution in [0.25, 0.3) is 5.57 Å². The van der Waals surface area contributed by atoms with Gasteiger partial charge in [-0.2, -0.15) is 48.3 Å². The third-order valence-electron chi connectivity index (χ3n) is 3.96. The maximum atomic E-state index is 13.2. The summed E-state index contributed by atoms with van der Waals surface area (Å²) in [6.45, 7) is -1.54. The molecule has 1 aromatic rings. The molecule has 2 rings (SSSR count). The van der Waals surface area contributed by atoms with Gasteiger partial charge in [-0.1, -0.05) is 6.08 Å². The molecule has 0 saturated heterocycles. The second-order valence-corrected chi connectivity index (χ2v) is 6.58. The lowest BCUT2D eigenvalue weighted by atomic mass is 10.1. The number of rotatable bonds is 7. The molecule has 0 fully saturated rings. The highest BCUT2D eigenvalue weighted by molar-refractivity contribution is 6.99. The van der Waals surface area contributed by atoms with Gasteiger partial charge < -0.3 is 4.74 Å². The van der Waals surface area contributed by atoms with Gasteiger partial charge in [-0.25, -0.2) is 4.90 Å². The first-order chi connectivity index (χ1) is 13.2. The molecule has 0 atom stereocenters. The van der Waals surface area contributed by atoms with Crippen molar-refractivity contribution in [2.75, 3.05) is 19.7 Å². The van der Waals surface area contributed by atoms with E-state index >= 15 is 0 Å². The van der Waals surface area contributed by atoms with E-state index in [9.17, 15) is 43.9 Å². The van der Waals surface area contributed by atoms with E-state index in [1.807, 2.05) is 0 Å². The summed E-state index contributed by atoms with van der Waals surface area (Å²) in [6, 6.07) is 0. The number of hydrogen-bond acceptors (Lipinski definition) is 5. The van der Waals surface area contributed by atoms with Gasteiger partial charge in [0.05, 0.1) is 18.3 Å². The number of alkyl halides is 10. The molecular formula is C14H13F10N3OS. The van der Waals surface area contributed by atoms with Crippen molar-refractivity contribution in [3.63, 3.8) is 0 Å². The van der Waals surface area contributed by atoms with E-state index in [0.717, 1.165) is 0 Å². The summed E-state index contributed by atoms with van der Waals surface area (Å²) in [5.74, 6) is -11.9. The summed E-state index contributed by atoms with van der Waals surface area (Å²) in [5.41, 5.74) is 0.0441. The Labute approximate surface area is 161 Å². The summed E-state index contributed by atoms with van der Waals surface area (Å²) in [7, 11) is 0. The fourth-order valence-electron chi connectivity index (χ4n) is 2.43. The Morgan fingerprint density at radius 2 is 1.66 bits per heavy atom. The topological polar surface area (TPSA) is 38.2 Å². The molecule has 0 saturated carbocycles. The zero-order valence-electron chi connectivity index (χ0n) is 14.3. The summed E-state index contributed by atoms with van der Waals surface area (Å²) < 4.78 is 139. The van der Waals surface area contributed by atoms with Crippen LogP contribution in [0, 0.1) is 0 Å². The maximum absolute atomic E-state index is 13.2. The van der Waals surface area contributed by atoms with E-state index in [0.29, 0.717) is 11.7 Å². The lowest BCUT2D eigenvalue weighted by Gasteiger charge is -2.28. The molecule has 0 spiro atoms. The van der Waals surface area contributed by atoms with Crippen molar-refractivity contribution in [2.24, 2.45) is 0 Å². The Bertz CT molecular complexity index is 728. The third-order valence-corrected chi connectivity index (χ3v) is 4.47. The molecule has 166 valence electrons. The smallest absolute Gasteiger partial charge is 0.460 e. The molecule has 1 aromatic heterocycles. The summed E-state index contributed by atoms with van der Waals surface area (Å²) in [6.07, 6.45) is -12.2. The molecule has 0 N–H and O–H groups in total. The summed E-state index contributed by atoms with van der Waals surface area (Å²) in [5, 5.41) is 0. The molecule has 0 aliphatic carbocycles. The monoisotopic (exact) mass is 461 g/mol. The lowest BCUT2D eigenvalue weighted by Crippen LogP contribution is -2.51. The Hall–Kier alpha value is -1.64. The van der Waals surface area contributed by atoms with Crippen molar-refractivity contribution in [2.45, 2.75) is 43.6 Å². The number of halogens is 10. The lowest BCUT2D eigenvalue weighted by molar-refractivity contribution is -0.355. The highest BCUT2D eigenvalue weighted by Gasteiger charge is 2.72. The molecule has 1 aliphatic rings. The van der Waals surface area contributed by atoms with Crippen LogP contribution in [0.1, 0.15) is 25.0 Å². The Balaban J connectivity index is 1.96. The first kappa shape index (κ1) is 23.6. The summed E-state index contributed by atoms with van der Waals surface area (Å²) in [4.78, 5) is 0.214. The van der Waals surface area contributed by atoms with Gasteiger partial charge in [0.25, 0.3) is 5.88 Å². The van der Waals surface area contributed by atoms with Crippen LogP contribution in [0.5, 0.6) is 5.88 Å². The van der Waals surface area contributed by atoms with Crippen molar-refractivity contribution in [1.29, 1.82) is 0 Å². The van der Waals surface area contributed by atoms with E-state index in [1.165, 1.54) is 6.08 Å². The molecule has 4 nitrogen and oxygen atoms in total. The predicted molar refractivity (Wildman–Crippen MR) is 80.8 cm³/mol. The molecule has 1 aliphatic heterocycles. The normalized spacial score (nSPS) is 17.4. The first-order valence-corrected chi connectivity index (χ1v) is 8.69. The minimum absolute atomic E-state index is 0.0462. The van der Waals surface area contributed by atoms with Gasteiger partial charge in [0, 0.05) is 19.5 Å². The zero-order valence-corrected chi connectivity index (χ0v) is 15.1. The van der Waals surface area contributed by atoms with Gasteiger partial charge in [0.2, 0.25) is 0 Å². The van der Waals surface area contributed by atoms with Crippen LogP contribution in [0.2, 0.25) is 0 Å². The van der Waals surface area contributed by atoms with Gasteiger partial charge in [0.15, 0.2) is 0 Å². The first-order valence-electron chi connectivity index (χ1n) is 7.96. The Morgan fingerprint density at radius 1 is 1.00 bits per heavy atom. The standard InChI is InChI=1S/C14H13F10N3OS/c15-11(16,12(17,18)13(19,20)21)4-2-6-28-10-9(25-29-26-10)8-3-1-5-27(7-8)14(22,23)24/h3H,1-2,4-7H2. The van der Waals surface area contributed by atoms with E-state index in [1.54, 1.807) is 0 Å². The minimum atomic E-state index is -6.42. The van der Waals surface area contributed by atoms with Crippen molar-refractivity contribution < 1.29 is 48.6 Å². The Morgan fingerprint density at radius 3 is 2.24 bits per heavy atom. The average molecular weight is 461 g/mol. The molecule has 15 heteroatoms. The molecule has 2 heterocycles. The molecule has 29 heavy (non-hydrogen) atoms. The average Bonchev–Trinajstić information content (AvgIpc) is 3.05. The third kappa shape index (κ3) is 5.29. The second kappa shape index (κ2) is 8.24. The highest BCUT2D eigenvalue weighted by Crippen LogP contribution is 2.48. The summed E-state index contributed by atoms with van der Waals surface area (Å²) >= 11 is 0.557. The van der Waals surface area contributed by atoms with Crippen LogP contribution < -0.4 is 4.74 Å². The SMILES string of the molecule is FC(F)(F)N1CCC=C(c2nsnc2OCCCC(F)(F)C(F)(F)C(F)(F)F)C1. The highest BCUT2D eigenvalue weighted by atomic mass is 32.1. The van der Waals surface area contributed by atoms with Crippen LogP contribution >= 0.6 is 11.7 Å². The Kier molecular flexibility index (Phi) is 6.72. The molecule has 0 bridgehead atoms. The van der Waals surface area contributed by atoms with E-state index in [-0.39, 0.29) is 35.0 Å². The van der Waals surface area contributed by atoms with Crippen molar-refractivity contribution in [1.82, 2.24) is 13.6 Å². The molecule has 0 unspecified atom stereocenters. The van der Waals surface area contributed by atoms with Crippen LogP contribution in [0.4, 0.5) is 43.9 Å². The van der Waals surface area contributed by atoms with Gasteiger partial charge >= 0.3 is 24.3 Å². The van der Waals surface area contributed by atoms with Crippen LogP contribution in [-0.2, 0) is 0 Å². The number of aromatic nitrogens is 2. The quantitative estimate of drug-likeness (QED) is 0.320. The van der Waals surface area contributed by atoms with Gasteiger partial charge in [-0.15, -0.1) is 4.37 Å². The van der Waals surface area contributed by atoms with Crippen LogP contribution in [0.15, 0.2) is 6.08 Å². The number of nitrogens with zero attached hydrogens (tertiary/aromatic N) is 3. The van der Waals surface area contributed by atoms with Gasteiger partial charge in [0.1, 0.15) is 5.69 Å². The molecule has 0 radical (unpaired) electrons. The minimum Gasteiger partial charge on any atom is -0.475 e. The fraction of sp³-hybridized carbons (Fsp3) is 0.714. The van der Waals surface area contributed by atoms with Gasteiger partial charge in [-0.05, 0) is 18.4 Å². The van der Waals surface area contributed by atoms with Crippen molar-refractivity contribution >= 4 is 17.3 Å². The van der Waals surface area contributed by atoms with Crippen molar-refractivity contribution in [3.05, 3.63) is 11.8 Å². The van der Waals surface area contributed by atoms with E-state index < -0.39 is 50.3 Å². The largest absolute Gasteiger partial charge is 0.475 e. The number of hydrogen-bond donors (Lipinski definition) is 0. The second-order valence-electron chi connectivity index (χ2n) is 6.05. The van der Waals surface area contributed by atoms with Crippen LogP contribution in [0.3, 0.4) is 0 Å². The number of ether oxygens (including phenoxy) is 1. The predicted octanol–water partition coefficient (Wildman–Crippen LogP) is 5.14. The van der Waals surface area contributed by atoms with Gasteiger partial charge in [-0.3, -0.25) is 0 Å². The van der Waals surface area contributed by atoms with Crippen LogP contribution in [-0.4, -0.2) is 57.7 Å². The molecular weight excluding hydrogens is 448 g/mol. The molecule has 0 aromatic carbocycles. The zero-order chi connectivity index (χ0) is 22.1. The maximum Gasteiger partial charge on any atom is 0.460 e. The van der Waals surface area contributed by atoms with E-state index in [4.69, 9.17) is 4.74 Å². The molecule has 0 amide bonds. The fourth-order valence-corrected chi connectivity index (χ4v) is 2.96.